The fraction of sp³-hybridized carbons (Fsp3) is 0.174. The van der Waals surface area contributed by atoms with Crippen LogP contribution in [0.1, 0.15) is 40.4 Å². The molecule has 1 saturated carbocycles. The summed E-state index contributed by atoms with van der Waals surface area (Å²) < 4.78 is 15.8. The first-order valence-electron chi connectivity index (χ1n) is 9.72. The van der Waals surface area contributed by atoms with Crippen LogP contribution < -0.4 is 5.32 Å². The van der Waals surface area contributed by atoms with Crippen LogP contribution in [-0.2, 0) is 0 Å². The summed E-state index contributed by atoms with van der Waals surface area (Å²) in [4.78, 5) is 17.9. The zero-order chi connectivity index (χ0) is 20.8. The summed E-state index contributed by atoms with van der Waals surface area (Å²) in [6.07, 6.45) is 3.62. The Balaban J connectivity index is 1.61. The number of nitrogens with zero attached hydrogens (tertiary/aromatic N) is 3. The number of aryl methyl sites for hydroxylation is 1. The minimum absolute atomic E-state index is 0.280. The van der Waals surface area contributed by atoms with Crippen LogP contribution in [0, 0.1) is 12.7 Å². The van der Waals surface area contributed by atoms with Gasteiger partial charge in [-0.3, -0.25) is 4.79 Å². The lowest BCUT2D eigenvalue weighted by atomic mass is 10.1. The molecule has 1 amide bonds. The van der Waals surface area contributed by atoms with Crippen LogP contribution in [0.25, 0.3) is 16.7 Å². The smallest absolute Gasteiger partial charge is 0.256 e. The second-order valence-electron chi connectivity index (χ2n) is 7.53. The first-order valence-corrected chi connectivity index (χ1v) is 10.1. The molecule has 0 spiro atoms. The molecule has 2 aromatic heterocycles. The van der Waals surface area contributed by atoms with E-state index in [4.69, 9.17) is 16.6 Å². The van der Waals surface area contributed by atoms with Crippen LogP contribution in [0.5, 0.6) is 0 Å². The van der Waals surface area contributed by atoms with E-state index in [9.17, 15) is 9.18 Å². The van der Waals surface area contributed by atoms with Crippen molar-refractivity contribution in [1.82, 2.24) is 14.8 Å². The molecule has 1 fully saturated rings. The highest BCUT2D eigenvalue weighted by Crippen LogP contribution is 2.40. The van der Waals surface area contributed by atoms with Gasteiger partial charge in [0.25, 0.3) is 5.91 Å². The number of para-hydroxylation sites is 1. The van der Waals surface area contributed by atoms with Gasteiger partial charge in [0.1, 0.15) is 11.5 Å². The van der Waals surface area contributed by atoms with Crippen molar-refractivity contribution in [2.75, 3.05) is 5.32 Å². The van der Waals surface area contributed by atoms with Crippen molar-refractivity contribution in [3.05, 3.63) is 82.4 Å². The molecule has 150 valence electrons. The lowest BCUT2D eigenvalue weighted by molar-refractivity contribution is 0.102. The number of nitrogens with one attached hydrogen (secondary N) is 1. The molecule has 4 aromatic rings. The molecule has 7 heteroatoms. The molecule has 5 rings (SSSR count). The van der Waals surface area contributed by atoms with E-state index in [0.29, 0.717) is 38.9 Å². The molecule has 30 heavy (non-hydrogen) atoms. The number of pyridine rings is 1. The van der Waals surface area contributed by atoms with Crippen molar-refractivity contribution in [1.29, 1.82) is 0 Å². The second kappa shape index (κ2) is 7.22. The van der Waals surface area contributed by atoms with Gasteiger partial charge in [0.15, 0.2) is 5.65 Å². The van der Waals surface area contributed by atoms with Crippen LogP contribution in [0.15, 0.2) is 54.7 Å². The standard InChI is InChI=1S/C23H18ClFN4O/c1-13-6-9-15(10-18(13)24)27-23(30)16-11-20(14-7-8-14)28-22-17(16)12-26-29(22)21-5-3-2-4-19(21)25/h2-6,9-12,14H,7-8H2,1H3,(H,27,30). The Bertz CT molecular complexity index is 1300. The zero-order valence-electron chi connectivity index (χ0n) is 16.2. The van der Waals surface area contributed by atoms with Crippen LogP contribution in [0.4, 0.5) is 10.1 Å². The highest BCUT2D eigenvalue weighted by atomic mass is 35.5. The molecule has 1 aliphatic rings. The Hall–Kier alpha value is -3.25. The Labute approximate surface area is 177 Å². The number of hydrogen-bond acceptors (Lipinski definition) is 3. The van der Waals surface area contributed by atoms with E-state index in [2.05, 4.69) is 10.4 Å². The number of hydrogen-bond donors (Lipinski definition) is 1. The van der Waals surface area contributed by atoms with E-state index in [1.807, 2.05) is 25.1 Å². The minimum atomic E-state index is -0.401. The molecule has 0 unspecified atom stereocenters. The van der Waals surface area contributed by atoms with E-state index in [0.717, 1.165) is 24.1 Å². The van der Waals surface area contributed by atoms with Gasteiger partial charge >= 0.3 is 0 Å². The predicted molar refractivity (Wildman–Crippen MR) is 115 cm³/mol. The normalized spacial score (nSPS) is 13.6. The minimum Gasteiger partial charge on any atom is -0.322 e. The molecule has 0 atom stereocenters. The van der Waals surface area contributed by atoms with Crippen molar-refractivity contribution >= 4 is 34.2 Å². The van der Waals surface area contributed by atoms with Crippen LogP contribution in [-0.4, -0.2) is 20.7 Å². The Morgan fingerprint density at radius 2 is 2.00 bits per heavy atom. The van der Waals surface area contributed by atoms with Gasteiger partial charge in [-0.2, -0.15) is 5.10 Å². The van der Waals surface area contributed by atoms with E-state index in [-0.39, 0.29) is 5.91 Å². The average Bonchev–Trinajstić information content (AvgIpc) is 3.50. The summed E-state index contributed by atoms with van der Waals surface area (Å²) in [5, 5.41) is 8.39. The molecule has 0 saturated heterocycles. The summed E-state index contributed by atoms with van der Waals surface area (Å²) in [7, 11) is 0. The first kappa shape index (κ1) is 18.8. The van der Waals surface area contributed by atoms with Crippen molar-refractivity contribution in [2.24, 2.45) is 0 Å². The van der Waals surface area contributed by atoms with Gasteiger partial charge < -0.3 is 5.32 Å². The van der Waals surface area contributed by atoms with Crippen LogP contribution in [0.2, 0.25) is 5.02 Å². The maximum Gasteiger partial charge on any atom is 0.256 e. The third kappa shape index (κ3) is 3.33. The van der Waals surface area contributed by atoms with E-state index in [1.54, 1.807) is 30.5 Å². The van der Waals surface area contributed by atoms with E-state index in [1.165, 1.54) is 10.7 Å². The average molecular weight is 421 g/mol. The summed E-state index contributed by atoms with van der Waals surface area (Å²) in [5.41, 5.74) is 3.59. The van der Waals surface area contributed by atoms with Gasteiger partial charge in [-0.05, 0) is 55.7 Å². The molecule has 2 aromatic carbocycles. The number of fused-ring (bicyclic) bond motifs is 1. The number of carbonyl (C=O) groups excluding carboxylic acids is 1. The van der Waals surface area contributed by atoms with Gasteiger partial charge in [-0.1, -0.05) is 29.8 Å². The number of amides is 1. The number of rotatable bonds is 4. The van der Waals surface area contributed by atoms with E-state index >= 15 is 0 Å². The highest BCUT2D eigenvalue weighted by Gasteiger charge is 2.28. The Kier molecular flexibility index (Phi) is 4.51. The topological polar surface area (TPSA) is 59.8 Å². The fourth-order valence-corrected chi connectivity index (χ4v) is 3.65. The van der Waals surface area contributed by atoms with Crippen LogP contribution >= 0.6 is 11.6 Å². The van der Waals surface area contributed by atoms with Gasteiger partial charge in [0, 0.05) is 22.3 Å². The predicted octanol–water partition coefficient (Wildman–Crippen LogP) is 5.65. The SMILES string of the molecule is Cc1ccc(NC(=O)c2cc(C3CC3)nc3c2cnn3-c2ccccc2F)cc1Cl. The number of benzene rings is 2. The number of anilines is 1. The van der Waals surface area contributed by atoms with Crippen LogP contribution in [0.3, 0.4) is 0 Å². The van der Waals surface area contributed by atoms with Crippen molar-refractivity contribution in [3.8, 4) is 5.69 Å². The Morgan fingerprint density at radius 3 is 2.73 bits per heavy atom. The van der Waals surface area contributed by atoms with Gasteiger partial charge in [0.05, 0.1) is 17.1 Å². The summed E-state index contributed by atoms with van der Waals surface area (Å²) in [6.45, 7) is 1.90. The third-order valence-corrected chi connectivity index (χ3v) is 5.72. The summed E-state index contributed by atoms with van der Waals surface area (Å²) >= 11 is 6.19. The molecule has 0 aliphatic heterocycles. The molecule has 2 heterocycles. The largest absolute Gasteiger partial charge is 0.322 e. The van der Waals surface area contributed by atoms with Crippen molar-refractivity contribution in [3.63, 3.8) is 0 Å². The Morgan fingerprint density at radius 1 is 1.20 bits per heavy atom. The van der Waals surface area contributed by atoms with Gasteiger partial charge in [-0.15, -0.1) is 0 Å². The number of carbonyl (C=O) groups is 1. The van der Waals surface area contributed by atoms with Gasteiger partial charge in [0.2, 0.25) is 0 Å². The molecule has 5 nitrogen and oxygen atoms in total. The number of aromatic nitrogens is 3. The molecular formula is C23H18ClFN4O. The number of halogens is 2. The third-order valence-electron chi connectivity index (χ3n) is 5.31. The molecule has 0 bridgehead atoms. The quantitative estimate of drug-likeness (QED) is 0.464. The summed E-state index contributed by atoms with van der Waals surface area (Å²) in [6, 6.07) is 13.6. The lowest BCUT2D eigenvalue weighted by Crippen LogP contribution is -2.13. The van der Waals surface area contributed by atoms with Gasteiger partial charge in [-0.25, -0.2) is 14.1 Å². The van der Waals surface area contributed by atoms with Crippen molar-refractivity contribution in [2.45, 2.75) is 25.7 Å². The second-order valence-corrected chi connectivity index (χ2v) is 7.94. The van der Waals surface area contributed by atoms with E-state index < -0.39 is 5.82 Å². The monoisotopic (exact) mass is 420 g/mol. The zero-order valence-corrected chi connectivity index (χ0v) is 16.9. The summed E-state index contributed by atoms with van der Waals surface area (Å²) in [5.74, 6) is -0.363. The van der Waals surface area contributed by atoms with Crippen molar-refractivity contribution < 1.29 is 9.18 Å². The maximum atomic E-state index is 14.4. The fourth-order valence-electron chi connectivity index (χ4n) is 3.46. The molecule has 1 aliphatic carbocycles. The highest BCUT2D eigenvalue weighted by molar-refractivity contribution is 6.31. The lowest BCUT2D eigenvalue weighted by Gasteiger charge is -2.10. The molecule has 1 N–H and O–H groups in total. The molecule has 0 radical (unpaired) electrons. The first-order chi connectivity index (χ1) is 14.5. The maximum absolute atomic E-state index is 14.4. The molecular weight excluding hydrogens is 403 g/mol.